The minimum atomic E-state index is -0.354. The maximum absolute atomic E-state index is 13.5. The molecule has 0 saturated heterocycles. The summed E-state index contributed by atoms with van der Waals surface area (Å²) in [6.45, 7) is 15.4. The van der Waals surface area contributed by atoms with Crippen LogP contribution in [-0.2, 0) is 22.1 Å². The van der Waals surface area contributed by atoms with E-state index < -0.39 is 0 Å². The summed E-state index contributed by atoms with van der Waals surface area (Å²) in [5, 5.41) is 22.6. The molecule has 3 N–H and O–H groups in total. The molecule has 2 aromatic carbocycles. The van der Waals surface area contributed by atoms with Gasteiger partial charge in [-0.2, -0.15) is 0 Å². The Bertz CT molecular complexity index is 1200. The lowest BCUT2D eigenvalue weighted by molar-refractivity contribution is 0.0931. The highest BCUT2D eigenvalue weighted by Gasteiger charge is 2.31. The van der Waals surface area contributed by atoms with Crippen LogP contribution < -0.4 is 10.1 Å². The summed E-state index contributed by atoms with van der Waals surface area (Å²) in [5.74, 6) is 0.423. The van der Waals surface area contributed by atoms with Gasteiger partial charge in [-0.15, -0.1) is 0 Å². The second-order valence-electron chi connectivity index (χ2n) is 11.7. The summed E-state index contributed by atoms with van der Waals surface area (Å²) in [7, 11) is 1.57. The van der Waals surface area contributed by atoms with E-state index in [1.54, 1.807) is 36.3 Å². The fraction of sp³-hybridized carbons (Fsp3) is 0.500. The second kappa shape index (κ2) is 11.2. The van der Waals surface area contributed by atoms with E-state index in [2.05, 4.69) is 5.32 Å². The van der Waals surface area contributed by atoms with E-state index in [9.17, 15) is 14.7 Å². The van der Waals surface area contributed by atoms with Gasteiger partial charge in [0.25, 0.3) is 5.91 Å². The fourth-order valence-corrected chi connectivity index (χ4v) is 4.58. The van der Waals surface area contributed by atoms with Crippen LogP contribution in [-0.4, -0.2) is 60.9 Å². The lowest BCUT2D eigenvalue weighted by Gasteiger charge is -2.28. The third-order valence-corrected chi connectivity index (χ3v) is 6.66. The van der Waals surface area contributed by atoms with Gasteiger partial charge in [0.05, 0.1) is 25.3 Å². The van der Waals surface area contributed by atoms with E-state index in [0.717, 1.165) is 16.7 Å². The number of benzene rings is 2. The molecule has 3 rings (SSSR count). The van der Waals surface area contributed by atoms with Gasteiger partial charge in [-0.1, -0.05) is 41.5 Å². The number of phenols is 1. The van der Waals surface area contributed by atoms with Crippen LogP contribution in [0.25, 0.3) is 0 Å². The van der Waals surface area contributed by atoms with Crippen LogP contribution >= 0.6 is 0 Å². The number of methoxy groups -OCH3 is 1. The molecule has 38 heavy (non-hydrogen) atoms. The minimum Gasteiger partial charge on any atom is -0.507 e. The Morgan fingerprint density at radius 1 is 1.05 bits per heavy atom. The van der Waals surface area contributed by atoms with Gasteiger partial charge >= 0.3 is 0 Å². The molecule has 1 aliphatic heterocycles. The first-order valence-corrected chi connectivity index (χ1v) is 13.0. The number of aromatic hydroxyl groups is 1. The molecule has 0 atom stereocenters. The zero-order chi connectivity index (χ0) is 28.4. The van der Waals surface area contributed by atoms with E-state index in [1.165, 1.54) is 0 Å². The fourth-order valence-electron chi connectivity index (χ4n) is 4.58. The first kappa shape index (κ1) is 29.2. The average Bonchev–Trinajstić information content (AvgIpc) is 3.11. The van der Waals surface area contributed by atoms with Crippen LogP contribution in [0, 0.1) is 5.41 Å². The Labute approximate surface area is 225 Å². The van der Waals surface area contributed by atoms with Crippen LogP contribution in [0.15, 0.2) is 24.3 Å². The molecule has 206 valence electrons. The van der Waals surface area contributed by atoms with E-state index in [-0.39, 0.29) is 40.7 Å². The van der Waals surface area contributed by atoms with E-state index in [1.807, 2.05) is 48.5 Å². The molecular formula is C30H41N3O5. The number of hydrogen-bond donors (Lipinski definition) is 3. The first-order chi connectivity index (χ1) is 17.7. The summed E-state index contributed by atoms with van der Waals surface area (Å²) in [4.78, 5) is 28.1. The SMILES string of the molecule is CCOc1cc2c(cc1C(=O)NCCOC)C(=N)N(CC(=O)c1cc(C(C)(C)C)c(O)c(C(C)(C)C)c1)C2. The van der Waals surface area contributed by atoms with Gasteiger partial charge in [-0.3, -0.25) is 15.0 Å². The molecule has 8 heteroatoms. The van der Waals surface area contributed by atoms with E-state index in [4.69, 9.17) is 14.9 Å². The van der Waals surface area contributed by atoms with Crippen molar-refractivity contribution in [2.75, 3.05) is 33.4 Å². The average molecular weight is 524 g/mol. The molecule has 1 amide bonds. The standard InChI is InChI=1S/C30H41N3O5/c1-9-38-25-14-19-16-33(27(31)20(19)15-21(25)28(36)32-10-11-37-8)17-24(34)18-12-22(29(2,3)4)26(35)23(13-18)30(5,6)7/h12-15,31,35H,9-11,16-17H2,1-8H3,(H,32,36). The monoisotopic (exact) mass is 523 g/mol. The van der Waals surface area contributed by atoms with Crippen molar-refractivity contribution in [1.82, 2.24) is 10.2 Å². The Balaban J connectivity index is 1.91. The Morgan fingerprint density at radius 3 is 2.18 bits per heavy atom. The molecule has 0 aliphatic carbocycles. The number of carbonyl (C=O) groups excluding carboxylic acids is 2. The number of nitrogens with zero attached hydrogens (tertiary/aromatic N) is 1. The maximum Gasteiger partial charge on any atom is 0.255 e. The molecule has 0 fully saturated rings. The molecule has 0 bridgehead atoms. The highest BCUT2D eigenvalue weighted by Crippen LogP contribution is 2.40. The van der Waals surface area contributed by atoms with Crippen molar-refractivity contribution in [3.63, 3.8) is 0 Å². The van der Waals surface area contributed by atoms with Gasteiger partial charge in [0.2, 0.25) is 0 Å². The predicted molar refractivity (Wildman–Crippen MR) is 149 cm³/mol. The summed E-state index contributed by atoms with van der Waals surface area (Å²) in [6, 6.07) is 7.01. The number of ketones is 1. The molecule has 0 saturated carbocycles. The van der Waals surface area contributed by atoms with Crippen LogP contribution in [0.5, 0.6) is 11.5 Å². The quantitative estimate of drug-likeness (QED) is 0.322. The number of rotatable bonds is 9. The van der Waals surface area contributed by atoms with Crippen molar-refractivity contribution in [2.45, 2.75) is 65.8 Å². The molecular weight excluding hydrogens is 482 g/mol. The second-order valence-corrected chi connectivity index (χ2v) is 11.7. The molecule has 1 heterocycles. The molecule has 0 spiro atoms. The minimum absolute atomic E-state index is 0.00475. The number of phenolic OH excluding ortho intramolecular Hbond substituents is 1. The zero-order valence-corrected chi connectivity index (χ0v) is 23.9. The van der Waals surface area contributed by atoms with Gasteiger partial charge in [0.1, 0.15) is 17.3 Å². The molecule has 8 nitrogen and oxygen atoms in total. The van der Waals surface area contributed by atoms with Crippen LogP contribution in [0.1, 0.15) is 91.4 Å². The zero-order valence-electron chi connectivity index (χ0n) is 23.9. The molecule has 0 aromatic heterocycles. The Kier molecular flexibility index (Phi) is 8.56. The van der Waals surface area contributed by atoms with Crippen molar-refractivity contribution >= 4 is 17.5 Å². The molecule has 0 radical (unpaired) electrons. The van der Waals surface area contributed by atoms with Gasteiger partial charge in [-0.05, 0) is 47.6 Å². The van der Waals surface area contributed by atoms with Gasteiger partial charge in [0.15, 0.2) is 5.78 Å². The number of ether oxygens (including phenoxy) is 2. The van der Waals surface area contributed by atoms with Crippen molar-refractivity contribution in [3.05, 3.63) is 57.6 Å². The number of hydrogen-bond acceptors (Lipinski definition) is 6. The number of nitrogens with one attached hydrogen (secondary N) is 2. The summed E-state index contributed by atoms with van der Waals surface area (Å²) < 4.78 is 10.8. The highest BCUT2D eigenvalue weighted by molar-refractivity contribution is 6.07. The smallest absolute Gasteiger partial charge is 0.255 e. The third-order valence-electron chi connectivity index (χ3n) is 6.66. The number of amidine groups is 1. The first-order valence-electron chi connectivity index (χ1n) is 13.0. The summed E-state index contributed by atoms with van der Waals surface area (Å²) in [5.41, 5.74) is 3.03. The highest BCUT2D eigenvalue weighted by atomic mass is 16.5. The lowest BCUT2D eigenvalue weighted by Crippen LogP contribution is -2.31. The number of Topliss-reactive ketones (excluding diaryl/α,β-unsaturated/α-hetero) is 1. The van der Waals surface area contributed by atoms with Gasteiger partial charge < -0.3 is 24.8 Å². The van der Waals surface area contributed by atoms with E-state index >= 15 is 0 Å². The molecule has 2 aromatic rings. The van der Waals surface area contributed by atoms with Crippen molar-refractivity contribution in [1.29, 1.82) is 5.41 Å². The van der Waals surface area contributed by atoms with Gasteiger partial charge in [-0.25, -0.2) is 0 Å². The van der Waals surface area contributed by atoms with Crippen molar-refractivity contribution in [2.24, 2.45) is 0 Å². The van der Waals surface area contributed by atoms with Crippen molar-refractivity contribution in [3.8, 4) is 11.5 Å². The van der Waals surface area contributed by atoms with Crippen LogP contribution in [0.2, 0.25) is 0 Å². The molecule has 1 aliphatic rings. The normalized spacial score (nSPS) is 13.5. The number of fused-ring (bicyclic) bond motifs is 1. The summed E-state index contributed by atoms with van der Waals surface area (Å²) in [6.07, 6.45) is 0. The van der Waals surface area contributed by atoms with E-state index in [0.29, 0.717) is 48.7 Å². The van der Waals surface area contributed by atoms with Crippen LogP contribution in [0.4, 0.5) is 0 Å². The maximum atomic E-state index is 13.5. The van der Waals surface area contributed by atoms with Crippen molar-refractivity contribution < 1.29 is 24.2 Å². The van der Waals surface area contributed by atoms with Gasteiger partial charge in [0, 0.05) is 42.5 Å². The lowest BCUT2D eigenvalue weighted by atomic mass is 9.78. The molecule has 0 unspecified atom stereocenters. The third kappa shape index (κ3) is 6.18. The number of carbonyl (C=O) groups is 2. The van der Waals surface area contributed by atoms with Crippen LogP contribution in [0.3, 0.4) is 0 Å². The Hall–Kier alpha value is -3.39. The predicted octanol–water partition coefficient (Wildman–Crippen LogP) is 4.79. The Morgan fingerprint density at radius 2 is 1.66 bits per heavy atom. The number of amides is 1. The summed E-state index contributed by atoms with van der Waals surface area (Å²) >= 11 is 0. The topological polar surface area (TPSA) is 112 Å². The largest absolute Gasteiger partial charge is 0.507 e.